The molecule has 0 aromatic heterocycles. The Morgan fingerprint density at radius 3 is 2.36 bits per heavy atom. The largest absolute Gasteiger partial charge is 0.455 e. The molecule has 0 amide bonds. The summed E-state index contributed by atoms with van der Waals surface area (Å²) in [6, 6.07) is 6.38. The SMILES string of the molecule is O=[N+]([O-])c1ccc(Oc2cccc(Cl)c2Cl)c(C(F)(F)F)c1. The van der Waals surface area contributed by atoms with E-state index in [0.29, 0.717) is 6.07 Å². The van der Waals surface area contributed by atoms with Crippen molar-refractivity contribution in [1.82, 2.24) is 0 Å². The number of rotatable bonds is 3. The van der Waals surface area contributed by atoms with E-state index in [1.54, 1.807) is 0 Å². The first-order chi connectivity index (χ1) is 10.2. The third-order valence-corrected chi connectivity index (χ3v) is 3.42. The van der Waals surface area contributed by atoms with Crippen LogP contribution in [0.25, 0.3) is 0 Å². The molecule has 116 valence electrons. The van der Waals surface area contributed by atoms with Crippen molar-refractivity contribution in [2.24, 2.45) is 0 Å². The Bertz CT molecular complexity index is 735. The van der Waals surface area contributed by atoms with Gasteiger partial charge in [-0.1, -0.05) is 29.3 Å². The lowest BCUT2D eigenvalue weighted by molar-refractivity contribution is -0.385. The molecule has 4 nitrogen and oxygen atoms in total. The summed E-state index contributed by atoms with van der Waals surface area (Å²) in [5.41, 5.74) is -1.98. The van der Waals surface area contributed by atoms with Gasteiger partial charge in [-0.05, 0) is 18.2 Å². The molecule has 2 rings (SSSR count). The van der Waals surface area contributed by atoms with Gasteiger partial charge in [-0.15, -0.1) is 0 Å². The molecular formula is C13H6Cl2F3NO3. The van der Waals surface area contributed by atoms with Crippen molar-refractivity contribution >= 4 is 28.9 Å². The molecule has 0 aliphatic rings. The van der Waals surface area contributed by atoms with E-state index in [1.165, 1.54) is 18.2 Å². The van der Waals surface area contributed by atoms with Gasteiger partial charge in [0.05, 0.1) is 9.95 Å². The number of nitro groups is 1. The lowest BCUT2D eigenvalue weighted by atomic mass is 10.1. The summed E-state index contributed by atoms with van der Waals surface area (Å²) >= 11 is 11.6. The molecule has 2 aromatic carbocycles. The maximum atomic E-state index is 13.0. The number of nitrogens with zero attached hydrogens (tertiary/aromatic N) is 1. The quantitative estimate of drug-likeness (QED) is 0.525. The summed E-state index contributed by atoms with van der Waals surface area (Å²) in [5.74, 6) is -0.698. The smallest absolute Gasteiger partial charge is 0.420 e. The molecular weight excluding hydrogens is 346 g/mol. The Morgan fingerprint density at radius 2 is 1.77 bits per heavy atom. The number of halogens is 5. The topological polar surface area (TPSA) is 52.4 Å². The average molecular weight is 352 g/mol. The van der Waals surface area contributed by atoms with E-state index in [1.807, 2.05) is 0 Å². The number of ether oxygens (including phenoxy) is 1. The second kappa shape index (κ2) is 6.02. The van der Waals surface area contributed by atoms with Gasteiger partial charge in [0, 0.05) is 12.1 Å². The molecule has 0 unspecified atom stereocenters. The second-order valence-corrected chi connectivity index (χ2v) is 4.87. The normalized spacial score (nSPS) is 11.3. The summed E-state index contributed by atoms with van der Waals surface area (Å²) < 4.78 is 44.2. The fourth-order valence-corrected chi connectivity index (χ4v) is 1.95. The summed E-state index contributed by atoms with van der Waals surface area (Å²) in [5, 5.41) is 10.7. The first-order valence-corrected chi connectivity index (χ1v) is 6.43. The van der Waals surface area contributed by atoms with Crippen LogP contribution in [0.2, 0.25) is 10.0 Å². The first-order valence-electron chi connectivity index (χ1n) is 5.67. The zero-order chi connectivity index (χ0) is 16.5. The van der Waals surface area contributed by atoms with Crippen molar-refractivity contribution in [3.63, 3.8) is 0 Å². The molecule has 0 N–H and O–H groups in total. The van der Waals surface area contributed by atoms with Crippen molar-refractivity contribution in [1.29, 1.82) is 0 Å². The van der Waals surface area contributed by atoms with E-state index < -0.39 is 28.1 Å². The van der Waals surface area contributed by atoms with Crippen LogP contribution in [0.4, 0.5) is 18.9 Å². The van der Waals surface area contributed by atoms with Crippen molar-refractivity contribution in [2.75, 3.05) is 0 Å². The summed E-state index contributed by atoms with van der Waals surface area (Å²) in [6.45, 7) is 0. The molecule has 0 heterocycles. The van der Waals surface area contributed by atoms with E-state index in [9.17, 15) is 23.3 Å². The third kappa shape index (κ3) is 3.42. The van der Waals surface area contributed by atoms with E-state index in [0.717, 1.165) is 12.1 Å². The fourth-order valence-electron chi connectivity index (χ4n) is 1.62. The summed E-state index contributed by atoms with van der Waals surface area (Å²) in [4.78, 5) is 9.68. The molecule has 0 radical (unpaired) electrons. The Balaban J connectivity index is 2.51. The highest BCUT2D eigenvalue weighted by Crippen LogP contribution is 2.42. The highest BCUT2D eigenvalue weighted by molar-refractivity contribution is 6.42. The molecule has 0 saturated carbocycles. The molecule has 22 heavy (non-hydrogen) atoms. The van der Waals surface area contributed by atoms with Gasteiger partial charge in [0.25, 0.3) is 5.69 Å². The van der Waals surface area contributed by atoms with Crippen LogP contribution >= 0.6 is 23.2 Å². The number of hydrogen-bond acceptors (Lipinski definition) is 3. The number of alkyl halides is 3. The van der Waals surface area contributed by atoms with Crippen LogP contribution in [0.3, 0.4) is 0 Å². The number of hydrogen-bond donors (Lipinski definition) is 0. The Labute approximate surface area is 132 Å². The van der Waals surface area contributed by atoms with Gasteiger partial charge in [-0.3, -0.25) is 10.1 Å². The standard InChI is InChI=1S/C13H6Cl2F3NO3/c14-9-2-1-3-11(12(9)15)22-10-5-4-7(19(20)21)6-8(10)13(16,17)18/h1-6H. The van der Waals surface area contributed by atoms with Crippen LogP contribution in [-0.4, -0.2) is 4.92 Å². The molecule has 9 heteroatoms. The molecule has 0 spiro atoms. The molecule has 2 aromatic rings. The minimum Gasteiger partial charge on any atom is -0.455 e. The van der Waals surface area contributed by atoms with Crippen molar-refractivity contribution < 1.29 is 22.8 Å². The van der Waals surface area contributed by atoms with E-state index >= 15 is 0 Å². The van der Waals surface area contributed by atoms with E-state index in [-0.39, 0.29) is 15.8 Å². The van der Waals surface area contributed by atoms with Crippen molar-refractivity contribution in [3.05, 3.63) is 62.1 Å². The monoisotopic (exact) mass is 351 g/mol. The molecule has 0 aliphatic heterocycles. The van der Waals surface area contributed by atoms with Gasteiger partial charge in [0.1, 0.15) is 22.1 Å². The molecule has 0 fully saturated rings. The molecule has 0 saturated heterocycles. The predicted molar refractivity (Wildman–Crippen MR) is 74.6 cm³/mol. The highest BCUT2D eigenvalue weighted by Gasteiger charge is 2.36. The summed E-state index contributed by atoms with van der Waals surface area (Å²) in [7, 11) is 0. The van der Waals surface area contributed by atoms with E-state index in [2.05, 4.69) is 0 Å². The van der Waals surface area contributed by atoms with Crippen LogP contribution < -0.4 is 4.74 Å². The van der Waals surface area contributed by atoms with E-state index in [4.69, 9.17) is 27.9 Å². The predicted octanol–water partition coefficient (Wildman–Crippen LogP) is 5.71. The van der Waals surface area contributed by atoms with Crippen molar-refractivity contribution in [2.45, 2.75) is 6.18 Å². The van der Waals surface area contributed by atoms with Gasteiger partial charge in [-0.25, -0.2) is 0 Å². The van der Waals surface area contributed by atoms with Gasteiger partial charge in [0.2, 0.25) is 0 Å². The average Bonchev–Trinajstić information content (AvgIpc) is 2.43. The molecule has 0 aliphatic carbocycles. The Hall–Kier alpha value is -1.99. The number of non-ortho nitro benzene ring substituents is 1. The first kappa shape index (κ1) is 16.4. The lowest BCUT2D eigenvalue weighted by Crippen LogP contribution is -2.08. The maximum absolute atomic E-state index is 13.0. The van der Waals surface area contributed by atoms with Gasteiger partial charge in [0.15, 0.2) is 0 Å². The lowest BCUT2D eigenvalue weighted by Gasteiger charge is -2.14. The fraction of sp³-hybridized carbons (Fsp3) is 0.0769. The van der Waals surface area contributed by atoms with Crippen LogP contribution in [0, 0.1) is 10.1 Å². The number of benzene rings is 2. The van der Waals surface area contributed by atoms with Crippen molar-refractivity contribution in [3.8, 4) is 11.5 Å². The number of nitro benzene ring substituents is 1. The van der Waals surface area contributed by atoms with Crippen LogP contribution in [0.5, 0.6) is 11.5 Å². The molecule has 0 atom stereocenters. The highest BCUT2D eigenvalue weighted by atomic mass is 35.5. The minimum absolute atomic E-state index is 0.0596. The van der Waals surface area contributed by atoms with Gasteiger partial charge in [-0.2, -0.15) is 13.2 Å². The summed E-state index contributed by atoms with van der Waals surface area (Å²) in [6.07, 6.45) is -4.83. The minimum atomic E-state index is -4.83. The zero-order valence-electron chi connectivity index (χ0n) is 10.5. The Morgan fingerprint density at radius 1 is 1.09 bits per heavy atom. The second-order valence-electron chi connectivity index (χ2n) is 4.09. The third-order valence-electron chi connectivity index (χ3n) is 2.62. The zero-order valence-corrected chi connectivity index (χ0v) is 12.0. The molecule has 0 bridgehead atoms. The van der Waals surface area contributed by atoms with Gasteiger partial charge >= 0.3 is 6.18 Å². The van der Waals surface area contributed by atoms with Crippen LogP contribution in [-0.2, 0) is 6.18 Å². The van der Waals surface area contributed by atoms with Crippen LogP contribution in [0.15, 0.2) is 36.4 Å². The maximum Gasteiger partial charge on any atom is 0.420 e. The Kier molecular flexibility index (Phi) is 4.48. The van der Waals surface area contributed by atoms with Crippen LogP contribution in [0.1, 0.15) is 5.56 Å². The van der Waals surface area contributed by atoms with Gasteiger partial charge < -0.3 is 4.74 Å².